The third kappa shape index (κ3) is 3.62. The number of nitrogens with zero attached hydrogens (tertiary/aromatic N) is 1. The zero-order valence-corrected chi connectivity index (χ0v) is 15.7. The molecule has 1 amide bonds. The smallest absolute Gasteiger partial charge is 0.230 e. The summed E-state index contributed by atoms with van der Waals surface area (Å²) in [7, 11) is 0. The molecule has 0 unspecified atom stereocenters. The summed E-state index contributed by atoms with van der Waals surface area (Å²) >= 11 is 6.03. The Bertz CT molecular complexity index is 914. The predicted molar refractivity (Wildman–Crippen MR) is 105 cm³/mol. The van der Waals surface area contributed by atoms with E-state index in [4.69, 9.17) is 16.0 Å². The minimum Gasteiger partial charge on any atom is -0.464 e. The number of furan rings is 1. The Balaban J connectivity index is 1.51. The Kier molecular flexibility index (Phi) is 4.99. The molecule has 0 atom stereocenters. The molecule has 4 nitrogen and oxygen atoms in total. The van der Waals surface area contributed by atoms with E-state index in [0.717, 1.165) is 48.1 Å². The Morgan fingerprint density at radius 1 is 1.15 bits per heavy atom. The summed E-state index contributed by atoms with van der Waals surface area (Å²) in [5, 5.41) is 3.81. The number of halogens is 1. The molecule has 27 heavy (non-hydrogen) atoms. The van der Waals surface area contributed by atoms with Crippen molar-refractivity contribution in [3.8, 4) is 11.3 Å². The van der Waals surface area contributed by atoms with Crippen LogP contribution in [0.25, 0.3) is 11.3 Å². The fourth-order valence-corrected chi connectivity index (χ4v) is 4.03. The number of amides is 1. The zero-order valence-electron chi connectivity index (χ0n) is 15.0. The van der Waals surface area contributed by atoms with Gasteiger partial charge in [-0.15, -0.1) is 0 Å². The van der Waals surface area contributed by atoms with Crippen molar-refractivity contribution in [1.82, 2.24) is 10.3 Å². The first-order valence-corrected chi connectivity index (χ1v) is 9.57. The van der Waals surface area contributed by atoms with Gasteiger partial charge >= 0.3 is 0 Å². The molecule has 5 heteroatoms. The third-order valence-corrected chi connectivity index (χ3v) is 5.59. The second-order valence-electron chi connectivity index (χ2n) is 7.04. The van der Waals surface area contributed by atoms with Crippen molar-refractivity contribution in [3.63, 3.8) is 0 Å². The molecule has 2 aromatic heterocycles. The number of benzene rings is 1. The quantitative estimate of drug-likeness (QED) is 0.668. The number of hydrogen-bond donors (Lipinski definition) is 1. The zero-order chi connectivity index (χ0) is 18.7. The van der Waals surface area contributed by atoms with Crippen LogP contribution in [0.15, 0.2) is 65.5 Å². The van der Waals surface area contributed by atoms with Gasteiger partial charge in [0.25, 0.3) is 0 Å². The molecular formula is C22H21ClN2O2. The van der Waals surface area contributed by atoms with Crippen LogP contribution in [0.4, 0.5) is 0 Å². The van der Waals surface area contributed by atoms with Gasteiger partial charge in [0.1, 0.15) is 5.76 Å². The van der Waals surface area contributed by atoms with E-state index in [1.165, 1.54) is 0 Å². The van der Waals surface area contributed by atoms with Gasteiger partial charge in [-0.3, -0.25) is 9.78 Å². The van der Waals surface area contributed by atoms with Gasteiger partial charge in [-0.05, 0) is 54.3 Å². The summed E-state index contributed by atoms with van der Waals surface area (Å²) in [5.74, 6) is 0.842. The van der Waals surface area contributed by atoms with Crippen molar-refractivity contribution in [2.24, 2.45) is 0 Å². The first-order valence-electron chi connectivity index (χ1n) is 9.19. The molecule has 0 saturated heterocycles. The van der Waals surface area contributed by atoms with E-state index in [0.29, 0.717) is 11.6 Å². The number of carbonyl (C=O) groups is 1. The Morgan fingerprint density at radius 3 is 2.63 bits per heavy atom. The molecular weight excluding hydrogens is 360 g/mol. The highest BCUT2D eigenvalue weighted by Gasteiger charge is 2.42. The Morgan fingerprint density at radius 2 is 1.93 bits per heavy atom. The van der Waals surface area contributed by atoms with E-state index in [-0.39, 0.29) is 5.91 Å². The van der Waals surface area contributed by atoms with Crippen molar-refractivity contribution in [3.05, 3.63) is 77.3 Å². The SMILES string of the molecule is O=C(NCc1cncc(-c2ccco2)c1)C1(c2ccc(Cl)cc2)CCCC1. The standard InChI is InChI=1S/C22H21ClN2O2/c23-19-7-5-18(6-8-19)22(9-1-2-10-22)21(26)25-14-16-12-17(15-24-13-16)20-4-3-11-27-20/h3-8,11-13,15H,1-2,9-10,14H2,(H,25,26). The molecule has 1 N–H and O–H groups in total. The molecule has 4 rings (SSSR count). The summed E-state index contributed by atoms with van der Waals surface area (Å²) in [6.07, 6.45) is 9.03. The highest BCUT2D eigenvalue weighted by atomic mass is 35.5. The highest BCUT2D eigenvalue weighted by molar-refractivity contribution is 6.30. The van der Waals surface area contributed by atoms with Gasteiger partial charge in [-0.25, -0.2) is 0 Å². The van der Waals surface area contributed by atoms with Crippen molar-refractivity contribution in [2.45, 2.75) is 37.6 Å². The second-order valence-corrected chi connectivity index (χ2v) is 7.47. The fraction of sp³-hybridized carbons (Fsp3) is 0.273. The summed E-state index contributed by atoms with van der Waals surface area (Å²) in [6.45, 7) is 0.440. The van der Waals surface area contributed by atoms with Crippen LogP contribution in [0.1, 0.15) is 36.8 Å². The van der Waals surface area contributed by atoms with E-state index >= 15 is 0 Å². The van der Waals surface area contributed by atoms with Crippen LogP contribution < -0.4 is 5.32 Å². The maximum absolute atomic E-state index is 13.2. The molecule has 138 valence electrons. The van der Waals surface area contributed by atoms with Crippen LogP contribution in [0.2, 0.25) is 5.02 Å². The maximum Gasteiger partial charge on any atom is 0.230 e. The summed E-state index contributed by atoms with van der Waals surface area (Å²) < 4.78 is 5.43. The molecule has 1 aromatic carbocycles. The lowest BCUT2D eigenvalue weighted by Gasteiger charge is -2.28. The molecule has 1 aliphatic rings. The monoisotopic (exact) mass is 380 g/mol. The van der Waals surface area contributed by atoms with Gasteiger partial charge in [0.2, 0.25) is 5.91 Å². The van der Waals surface area contributed by atoms with Gasteiger partial charge in [0, 0.05) is 29.5 Å². The van der Waals surface area contributed by atoms with Gasteiger partial charge in [0.15, 0.2) is 0 Å². The number of carbonyl (C=O) groups excluding carboxylic acids is 1. The van der Waals surface area contributed by atoms with Gasteiger partial charge < -0.3 is 9.73 Å². The van der Waals surface area contributed by atoms with E-state index in [2.05, 4.69) is 10.3 Å². The van der Waals surface area contributed by atoms with Crippen LogP contribution >= 0.6 is 11.6 Å². The summed E-state index contributed by atoms with van der Waals surface area (Å²) in [4.78, 5) is 17.4. The van der Waals surface area contributed by atoms with Crippen molar-refractivity contribution < 1.29 is 9.21 Å². The molecule has 0 spiro atoms. The van der Waals surface area contributed by atoms with Gasteiger partial charge in [-0.1, -0.05) is 36.6 Å². The lowest BCUT2D eigenvalue weighted by molar-refractivity contribution is -0.126. The molecule has 1 fully saturated rings. The number of hydrogen-bond acceptors (Lipinski definition) is 3. The average molecular weight is 381 g/mol. The second kappa shape index (κ2) is 7.57. The van der Waals surface area contributed by atoms with Crippen LogP contribution in [0, 0.1) is 0 Å². The van der Waals surface area contributed by atoms with Crippen molar-refractivity contribution in [2.75, 3.05) is 0 Å². The van der Waals surface area contributed by atoms with Crippen LogP contribution in [-0.2, 0) is 16.8 Å². The Labute approximate surface area is 163 Å². The molecule has 0 aliphatic heterocycles. The minimum absolute atomic E-state index is 0.0747. The molecule has 0 bridgehead atoms. The predicted octanol–water partition coefficient (Wildman–Crippen LogP) is 5.12. The first kappa shape index (κ1) is 17.8. The molecule has 1 aliphatic carbocycles. The largest absolute Gasteiger partial charge is 0.464 e. The summed E-state index contributed by atoms with van der Waals surface area (Å²) in [6, 6.07) is 13.4. The highest BCUT2D eigenvalue weighted by Crippen LogP contribution is 2.41. The van der Waals surface area contributed by atoms with Crippen LogP contribution in [0.5, 0.6) is 0 Å². The minimum atomic E-state index is -0.462. The average Bonchev–Trinajstić information content (AvgIpc) is 3.39. The van der Waals surface area contributed by atoms with E-state index < -0.39 is 5.41 Å². The number of rotatable bonds is 5. The normalized spacial score (nSPS) is 15.6. The number of aromatic nitrogens is 1. The summed E-state index contributed by atoms with van der Waals surface area (Å²) in [5.41, 5.74) is 2.43. The first-order chi connectivity index (χ1) is 13.2. The van der Waals surface area contributed by atoms with Gasteiger partial charge in [0.05, 0.1) is 11.7 Å². The topological polar surface area (TPSA) is 55.1 Å². The lowest BCUT2D eigenvalue weighted by Crippen LogP contribution is -2.42. The molecule has 3 aromatic rings. The van der Waals surface area contributed by atoms with Crippen molar-refractivity contribution >= 4 is 17.5 Å². The van der Waals surface area contributed by atoms with Crippen LogP contribution in [0.3, 0.4) is 0 Å². The van der Waals surface area contributed by atoms with E-state index in [1.54, 1.807) is 18.7 Å². The molecule has 1 saturated carbocycles. The molecule has 0 radical (unpaired) electrons. The van der Waals surface area contributed by atoms with Crippen molar-refractivity contribution in [1.29, 1.82) is 0 Å². The number of pyridine rings is 1. The lowest BCUT2D eigenvalue weighted by atomic mass is 9.78. The third-order valence-electron chi connectivity index (χ3n) is 5.34. The van der Waals surface area contributed by atoms with E-state index in [1.807, 2.05) is 42.5 Å². The van der Waals surface area contributed by atoms with Gasteiger partial charge in [-0.2, -0.15) is 0 Å². The van der Waals surface area contributed by atoms with E-state index in [9.17, 15) is 4.79 Å². The molecule has 2 heterocycles. The van der Waals surface area contributed by atoms with Crippen LogP contribution in [-0.4, -0.2) is 10.9 Å². The fourth-order valence-electron chi connectivity index (χ4n) is 3.91. The number of nitrogens with one attached hydrogen (secondary N) is 1. The maximum atomic E-state index is 13.2. The Hall–Kier alpha value is -2.59.